The third kappa shape index (κ3) is 3.30. The minimum Gasteiger partial charge on any atom is -0.341 e. The molecule has 3 amide bonds. The smallest absolute Gasteiger partial charge is 0.246 e. The summed E-state index contributed by atoms with van der Waals surface area (Å²) in [4.78, 5) is 42.7. The van der Waals surface area contributed by atoms with Crippen molar-refractivity contribution in [1.29, 1.82) is 0 Å². The van der Waals surface area contributed by atoms with Gasteiger partial charge in [-0.1, -0.05) is 12.1 Å². The van der Waals surface area contributed by atoms with Crippen molar-refractivity contribution in [2.45, 2.75) is 31.8 Å². The van der Waals surface area contributed by atoms with Gasteiger partial charge in [-0.15, -0.1) is 0 Å². The van der Waals surface area contributed by atoms with E-state index in [-0.39, 0.29) is 42.5 Å². The number of benzene rings is 1. The summed E-state index contributed by atoms with van der Waals surface area (Å²) in [5.41, 5.74) is 0.666. The number of hydrogen-bond acceptors (Lipinski definition) is 3. The van der Waals surface area contributed by atoms with E-state index < -0.39 is 6.04 Å². The number of fused-ring (bicyclic) bond motifs is 1. The van der Waals surface area contributed by atoms with Crippen LogP contribution in [0.15, 0.2) is 24.3 Å². The predicted octanol–water partition coefficient (Wildman–Crippen LogP) is 1.01. The maximum atomic E-state index is 13.4. The van der Waals surface area contributed by atoms with E-state index in [1.807, 2.05) is 0 Å². The highest BCUT2D eigenvalue weighted by Crippen LogP contribution is 2.32. The first kappa shape index (κ1) is 17.0. The van der Waals surface area contributed by atoms with E-state index >= 15 is 0 Å². The van der Waals surface area contributed by atoms with E-state index in [0.29, 0.717) is 31.6 Å². The zero-order valence-corrected chi connectivity index (χ0v) is 14.6. The molecule has 0 N–H and O–H groups in total. The van der Waals surface area contributed by atoms with Crippen LogP contribution in [0.4, 0.5) is 4.39 Å². The average Bonchev–Trinajstić information content (AvgIpc) is 3.45. The van der Waals surface area contributed by atoms with E-state index in [2.05, 4.69) is 0 Å². The highest BCUT2D eigenvalue weighted by molar-refractivity contribution is 5.95. The van der Waals surface area contributed by atoms with Gasteiger partial charge < -0.3 is 14.7 Å². The Morgan fingerprint density at radius 2 is 1.92 bits per heavy atom. The minimum absolute atomic E-state index is 0.00240. The monoisotopic (exact) mass is 359 g/mol. The van der Waals surface area contributed by atoms with Gasteiger partial charge in [0.2, 0.25) is 17.7 Å². The third-order valence-electron chi connectivity index (χ3n) is 5.40. The van der Waals surface area contributed by atoms with Gasteiger partial charge in [-0.25, -0.2) is 4.39 Å². The van der Waals surface area contributed by atoms with Gasteiger partial charge in [-0.05, 0) is 37.0 Å². The van der Waals surface area contributed by atoms with Gasteiger partial charge in [0.05, 0.1) is 0 Å². The van der Waals surface area contributed by atoms with E-state index in [9.17, 15) is 18.8 Å². The molecule has 2 aliphatic heterocycles. The summed E-state index contributed by atoms with van der Waals surface area (Å²) in [5, 5.41) is 0. The van der Waals surface area contributed by atoms with E-state index in [0.717, 1.165) is 12.8 Å². The summed E-state index contributed by atoms with van der Waals surface area (Å²) in [7, 11) is 0. The first-order valence-electron chi connectivity index (χ1n) is 9.14. The Kier molecular flexibility index (Phi) is 4.38. The molecule has 4 rings (SSSR count). The zero-order chi connectivity index (χ0) is 18.3. The van der Waals surface area contributed by atoms with Crippen LogP contribution in [0.3, 0.4) is 0 Å². The van der Waals surface area contributed by atoms with Crippen LogP contribution in [0.5, 0.6) is 0 Å². The number of carbonyl (C=O) groups excluding carboxylic acids is 3. The van der Waals surface area contributed by atoms with Crippen LogP contribution in [0.1, 0.15) is 24.8 Å². The molecule has 1 aromatic rings. The quantitative estimate of drug-likeness (QED) is 0.809. The molecule has 1 aliphatic carbocycles. The molecule has 0 radical (unpaired) electrons. The molecular weight excluding hydrogens is 337 g/mol. The van der Waals surface area contributed by atoms with Gasteiger partial charge in [0.15, 0.2) is 0 Å². The molecular formula is C19H22FN3O3. The molecule has 1 saturated carbocycles. The van der Waals surface area contributed by atoms with Crippen molar-refractivity contribution in [2.24, 2.45) is 5.92 Å². The topological polar surface area (TPSA) is 60.9 Å². The number of hydrogen-bond donors (Lipinski definition) is 0. The summed E-state index contributed by atoms with van der Waals surface area (Å²) in [5.74, 6) is -0.285. The second-order valence-corrected chi connectivity index (χ2v) is 7.32. The van der Waals surface area contributed by atoms with Crippen molar-refractivity contribution >= 4 is 17.7 Å². The summed E-state index contributed by atoms with van der Waals surface area (Å²) >= 11 is 0. The van der Waals surface area contributed by atoms with Crippen LogP contribution in [0.2, 0.25) is 0 Å². The fourth-order valence-corrected chi connectivity index (χ4v) is 3.83. The summed E-state index contributed by atoms with van der Waals surface area (Å²) in [6, 6.07) is 5.55. The Labute approximate surface area is 151 Å². The lowest BCUT2D eigenvalue weighted by atomic mass is 10.1. The molecule has 26 heavy (non-hydrogen) atoms. The lowest BCUT2D eigenvalue weighted by Gasteiger charge is -2.39. The molecule has 1 unspecified atom stereocenters. The lowest BCUT2D eigenvalue weighted by molar-refractivity contribution is -0.156. The standard InChI is InChI=1S/C19H22FN3O3/c20-15-3-1-2-13(10-15)11-22-12-17(24)23-9-8-21(18(25)14-4-5-14)7-6-16(23)19(22)26/h1-3,10,14,16H,4-9,11-12H2. The third-order valence-corrected chi connectivity index (χ3v) is 5.40. The van der Waals surface area contributed by atoms with Crippen molar-refractivity contribution in [1.82, 2.24) is 14.7 Å². The zero-order valence-electron chi connectivity index (χ0n) is 14.6. The molecule has 3 fully saturated rings. The highest BCUT2D eigenvalue weighted by atomic mass is 19.1. The SMILES string of the molecule is O=C(C1CC1)N1CCC2C(=O)N(Cc3cccc(F)c3)CC(=O)N2CC1. The van der Waals surface area contributed by atoms with Gasteiger partial charge >= 0.3 is 0 Å². The van der Waals surface area contributed by atoms with Crippen LogP contribution in [0, 0.1) is 11.7 Å². The maximum Gasteiger partial charge on any atom is 0.246 e. The Hall–Kier alpha value is -2.44. The molecule has 3 aliphatic rings. The number of nitrogens with zero attached hydrogens (tertiary/aromatic N) is 3. The highest BCUT2D eigenvalue weighted by Gasteiger charge is 2.42. The fourth-order valence-electron chi connectivity index (χ4n) is 3.83. The minimum atomic E-state index is -0.526. The lowest BCUT2D eigenvalue weighted by Crippen LogP contribution is -2.59. The number of carbonyl (C=O) groups is 3. The molecule has 0 bridgehead atoms. The molecule has 138 valence electrons. The van der Waals surface area contributed by atoms with Gasteiger partial charge in [-0.2, -0.15) is 0 Å². The van der Waals surface area contributed by atoms with Gasteiger partial charge in [0.25, 0.3) is 0 Å². The Morgan fingerprint density at radius 1 is 1.12 bits per heavy atom. The number of halogens is 1. The fraction of sp³-hybridized carbons (Fsp3) is 0.526. The molecule has 1 atom stereocenters. The van der Waals surface area contributed by atoms with Crippen molar-refractivity contribution in [3.63, 3.8) is 0 Å². The molecule has 6 nitrogen and oxygen atoms in total. The van der Waals surface area contributed by atoms with Crippen LogP contribution < -0.4 is 0 Å². The van der Waals surface area contributed by atoms with Crippen molar-refractivity contribution in [3.8, 4) is 0 Å². The molecule has 2 heterocycles. The normalized spacial score (nSPS) is 23.7. The number of piperazine rings is 1. The number of amides is 3. The second kappa shape index (κ2) is 6.70. The van der Waals surface area contributed by atoms with Gasteiger partial charge in [-0.3, -0.25) is 14.4 Å². The predicted molar refractivity (Wildman–Crippen MR) is 91.2 cm³/mol. The Bertz CT molecular complexity index is 749. The summed E-state index contributed by atoms with van der Waals surface area (Å²) < 4.78 is 13.4. The van der Waals surface area contributed by atoms with Gasteiger partial charge in [0, 0.05) is 32.1 Å². The molecule has 0 aromatic heterocycles. The maximum absolute atomic E-state index is 13.4. The van der Waals surface area contributed by atoms with Crippen molar-refractivity contribution in [3.05, 3.63) is 35.6 Å². The van der Waals surface area contributed by atoms with Crippen LogP contribution in [-0.2, 0) is 20.9 Å². The van der Waals surface area contributed by atoms with Crippen LogP contribution in [-0.4, -0.2) is 64.6 Å². The van der Waals surface area contributed by atoms with E-state index in [4.69, 9.17) is 0 Å². The van der Waals surface area contributed by atoms with Crippen molar-refractivity contribution in [2.75, 3.05) is 26.2 Å². The first-order valence-corrected chi connectivity index (χ1v) is 9.14. The van der Waals surface area contributed by atoms with Crippen LogP contribution in [0.25, 0.3) is 0 Å². The van der Waals surface area contributed by atoms with Gasteiger partial charge in [0.1, 0.15) is 18.4 Å². The second-order valence-electron chi connectivity index (χ2n) is 7.32. The number of rotatable bonds is 3. The first-order chi connectivity index (χ1) is 12.5. The Balaban J connectivity index is 1.47. The molecule has 7 heteroatoms. The van der Waals surface area contributed by atoms with Crippen molar-refractivity contribution < 1.29 is 18.8 Å². The summed E-state index contributed by atoms with van der Waals surface area (Å²) in [6.45, 7) is 1.62. The largest absolute Gasteiger partial charge is 0.341 e. The molecule has 1 aromatic carbocycles. The van der Waals surface area contributed by atoms with Crippen LogP contribution >= 0.6 is 0 Å². The molecule has 0 spiro atoms. The Morgan fingerprint density at radius 3 is 2.65 bits per heavy atom. The van der Waals surface area contributed by atoms with E-state index in [1.165, 1.54) is 17.0 Å². The van der Waals surface area contributed by atoms with E-state index in [1.54, 1.807) is 21.9 Å². The molecule has 2 saturated heterocycles. The average molecular weight is 359 g/mol. The summed E-state index contributed by atoms with van der Waals surface area (Å²) in [6.07, 6.45) is 2.35.